The van der Waals surface area contributed by atoms with Crippen LogP contribution in [0.2, 0.25) is 5.15 Å². The lowest BCUT2D eigenvalue weighted by molar-refractivity contribution is 1.08. The molecule has 0 bridgehead atoms. The van der Waals surface area contributed by atoms with Crippen molar-refractivity contribution in [1.29, 1.82) is 0 Å². The molecule has 2 aromatic heterocycles. The van der Waals surface area contributed by atoms with Gasteiger partial charge in [0, 0.05) is 5.39 Å². The Morgan fingerprint density at radius 2 is 1.83 bits per heavy atom. The highest BCUT2D eigenvalue weighted by Crippen LogP contribution is 2.30. The van der Waals surface area contributed by atoms with E-state index in [4.69, 9.17) is 11.6 Å². The van der Waals surface area contributed by atoms with Crippen LogP contribution in [0.5, 0.6) is 0 Å². The maximum absolute atomic E-state index is 5.87. The van der Waals surface area contributed by atoms with Crippen LogP contribution in [0.15, 0.2) is 58.8 Å². The zero-order valence-corrected chi connectivity index (χ0v) is 10.8. The maximum atomic E-state index is 5.87. The second-order valence-corrected chi connectivity index (χ2v) is 4.99. The van der Waals surface area contributed by atoms with E-state index in [0.29, 0.717) is 5.15 Å². The van der Waals surface area contributed by atoms with E-state index in [9.17, 15) is 0 Å². The topological polar surface area (TPSA) is 38.7 Å². The number of pyridine rings is 1. The summed E-state index contributed by atoms with van der Waals surface area (Å²) in [5.41, 5.74) is 0.928. The van der Waals surface area contributed by atoms with Gasteiger partial charge < -0.3 is 0 Å². The van der Waals surface area contributed by atoms with Crippen molar-refractivity contribution in [3.63, 3.8) is 0 Å². The second kappa shape index (κ2) is 4.92. The minimum absolute atomic E-state index is 0.485. The molecule has 88 valence electrons. The van der Waals surface area contributed by atoms with E-state index >= 15 is 0 Å². The standard InChI is InChI=1S/C13H8ClN3S/c14-11-6-3-7-12(17-11)18-13-9-4-1-2-5-10(9)15-8-16-13/h1-8H. The first-order valence-corrected chi connectivity index (χ1v) is 6.52. The molecule has 0 aliphatic carbocycles. The van der Waals surface area contributed by atoms with Gasteiger partial charge in [-0.2, -0.15) is 0 Å². The lowest BCUT2D eigenvalue weighted by Crippen LogP contribution is -1.87. The molecule has 2 heterocycles. The zero-order chi connectivity index (χ0) is 12.4. The molecule has 0 atom stereocenters. The Morgan fingerprint density at radius 3 is 2.72 bits per heavy atom. The smallest absolute Gasteiger partial charge is 0.130 e. The first-order chi connectivity index (χ1) is 8.83. The van der Waals surface area contributed by atoms with Crippen molar-refractivity contribution in [2.45, 2.75) is 10.1 Å². The lowest BCUT2D eigenvalue weighted by Gasteiger charge is -2.03. The largest absolute Gasteiger partial charge is 0.236 e. The summed E-state index contributed by atoms with van der Waals surface area (Å²) in [6.07, 6.45) is 1.56. The van der Waals surface area contributed by atoms with E-state index in [-0.39, 0.29) is 0 Å². The van der Waals surface area contributed by atoms with Gasteiger partial charge in [0.1, 0.15) is 21.5 Å². The summed E-state index contributed by atoms with van der Waals surface area (Å²) < 4.78 is 0. The van der Waals surface area contributed by atoms with Gasteiger partial charge in [0.25, 0.3) is 0 Å². The van der Waals surface area contributed by atoms with E-state index in [2.05, 4.69) is 15.0 Å². The molecule has 0 saturated heterocycles. The molecular weight excluding hydrogens is 266 g/mol. The lowest BCUT2D eigenvalue weighted by atomic mass is 10.2. The number of fused-ring (bicyclic) bond motifs is 1. The molecule has 0 aliphatic rings. The Labute approximate surface area is 113 Å². The molecule has 0 aliphatic heterocycles. The molecule has 0 radical (unpaired) electrons. The number of para-hydroxylation sites is 1. The molecule has 1 aromatic carbocycles. The summed E-state index contributed by atoms with van der Waals surface area (Å²) >= 11 is 7.36. The van der Waals surface area contributed by atoms with E-state index < -0.39 is 0 Å². The number of hydrogen-bond donors (Lipinski definition) is 0. The molecule has 5 heteroatoms. The van der Waals surface area contributed by atoms with Gasteiger partial charge in [-0.1, -0.05) is 35.9 Å². The van der Waals surface area contributed by atoms with Crippen molar-refractivity contribution in [3.05, 3.63) is 53.9 Å². The van der Waals surface area contributed by atoms with Crippen molar-refractivity contribution in [1.82, 2.24) is 15.0 Å². The number of aromatic nitrogens is 3. The minimum Gasteiger partial charge on any atom is -0.236 e. The Hall–Kier alpha value is -1.65. The first-order valence-electron chi connectivity index (χ1n) is 5.33. The number of benzene rings is 1. The molecule has 0 amide bonds. The zero-order valence-electron chi connectivity index (χ0n) is 9.25. The molecular formula is C13H8ClN3S. The van der Waals surface area contributed by atoms with Gasteiger partial charge >= 0.3 is 0 Å². The van der Waals surface area contributed by atoms with Gasteiger partial charge in [-0.25, -0.2) is 15.0 Å². The maximum Gasteiger partial charge on any atom is 0.130 e. The Bertz CT molecular complexity index is 697. The number of hydrogen-bond acceptors (Lipinski definition) is 4. The molecule has 0 N–H and O–H groups in total. The fraction of sp³-hybridized carbons (Fsp3) is 0. The SMILES string of the molecule is Clc1cccc(Sc2ncnc3ccccc23)n1. The van der Waals surface area contributed by atoms with Gasteiger partial charge in [0.15, 0.2) is 0 Å². The van der Waals surface area contributed by atoms with Gasteiger partial charge in [0.05, 0.1) is 5.52 Å². The molecule has 18 heavy (non-hydrogen) atoms. The fourth-order valence-corrected chi connectivity index (χ4v) is 2.69. The molecule has 0 spiro atoms. The number of rotatable bonds is 2. The van der Waals surface area contributed by atoms with E-state index in [0.717, 1.165) is 21.0 Å². The summed E-state index contributed by atoms with van der Waals surface area (Å²) in [6, 6.07) is 13.4. The van der Waals surface area contributed by atoms with Gasteiger partial charge in [-0.15, -0.1) is 0 Å². The van der Waals surface area contributed by atoms with E-state index in [1.165, 1.54) is 11.8 Å². The van der Waals surface area contributed by atoms with E-state index in [1.54, 1.807) is 12.4 Å². The van der Waals surface area contributed by atoms with Crippen molar-refractivity contribution in [3.8, 4) is 0 Å². The summed E-state index contributed by atoms with van der Waals surface area (Å²) in [5, 5.41) is 3.21. The number of halogens is 1. The fourth-order valence-electron chi connectivity index (χ4n) is 1.61. The van der Waals surface area contributed by atoms with Crippen LogP contribution < -0.4 is 0 Å². The summed E-state index contributed by atoms with van der Waals surface area (Å²) in [6.45, 7) is 0. The first kappa shape index (κ1) is 11.4. The van der Waals surface area contributed by atoms with Crippen LogP contribution in [0.4, 0.5) is 0 Å². The average Bonchev–Trinajstić information content (AvgIpc) is 2.39. The second-order valence-electron chi connectivity index (χ2n) is 3.60. The van der Waals surface area contributed by atoms with Crippen LogP contribution in [0.1, 0.15) is 0 Å². The van der Waals surface area contributed by atoms with Crippen LogP contribution in [0, 0.1) is 0 Å². The van der Waals surface area contributed by atoms with Crippen molar-refractivity contribution in [2.75, 3.05) is 0 Å². The predicted octanol–water partition coefficient (Wildman–Crippen LogP) is 3.83. The minimum atomic E-state index is 0.485. The predicted molar refractivity (Wildman–Crippen MR) is 72.9 cm³/mol. The third-order valence-corrected chi connectivity index (χ3v) is 3.56. The van der Waals surface area contributed by atoms with Crippen LogP contribution in [-0.4, -0.2) is 15.0 Å². The Kier molecular flexibility index (Phi) is 3.13. The van der Waals surface area contributed by atoms with Gasteiger partial charge in [-0.05, 0) is 30.0 Å². The van der Waals surface area contributed by atoms with Crippen LogP contribution >= 0.6 is 23.4 Å². The summed E-state index contributed by atoms with van der Waals surface area (Å²) in [7, 11) is 0. The van der Waals surface area contributed by atoms with Gasteiger partial charge in [0.2, 0.25) is 0 Å². The highest BCUT2D eigenvalue weighted by Gasteiger charge is 2.06. The van der Waals surface area contributed by atoms with Crippen molar-refractivity contribution in [2.24, 2.45) is 0 Å². The molecule has 3 nitrogen and oxygen atoms in total. The molecule has 3 aromatic rings. The Balaban J connectivity index is 2.05. The van der Waals surface area contributed by atoms with Crippen LogP contribution in [0.3, 0.4) is 0 Å². The van der Waals surface area contributed by atoms with Crippen molar-refractivity contribution >= 4 is 34.3 Å². The summed E-state index contributed by atoms with van der Waals surface area (Å²) in [5.74, 6) is 0. The highest BCUT2D eigenvalue weighted by molar-refractivity contribution is 7.99. The van der Waals surface area contributed by atoms with Gasteiger partial charge in [-0.3, -0.25) is 0 Å². The Morgan fingerprint density at radius 1 is 0.944 bits per heavy atom. The quantitative estimate of drug-likeness (QED) is 0.525. The molecule has 3 rings (SSSR count). The summed E-state index contributed by atoms with van der Waals surface area (Å²) in [4.78, 5) is 12.8. The third kappa shape index (κ3) is 2.30. The van der Waals surface area contributed by atoms with Crippen LogP contribution in [0.25, 0.3) is 10.9 Å². The molecule has 0 unspecified atom stereocenters. The van der Waals surface area contributed by atoms with E-state index in [1.807, 2.05) is 36.4 Å². The molecule has 0 fully saturated rings. The van der Waals surface area contributed by atoms with Crippen molar-refractivity contribution < 1.29 is 0 Å². The number of nitrogens with zero attached hydrogens (tertiary/aromatic N) is 3. The molecule has 0 saturated carbocycles. The van der Waals surface area contributed by atoms with Crippen LogP contribution in [-0.2, 0) is 0 Å². The average molecular weight is 274 g/mol. The third-order valence-electron chi connectivity index (χ3n) is 2.40. The highest BCUT2D eigenvalue weighted by atomic mass is 35.5. The normalized spacial score (nSPS) is 10.7. The monoisotopic (exact) mass is 273 g/mol.